The van der Waals surface area contributed by atoms with E-state index in [0.29, 0.717) is 5.41 Å². The smallest absolute Gasteiger partial charge is 0.0149 e. The van der Waals surface area contributed by atoms with E-state index in [0.717, 1.165) is 18.1 Å². The zero-order valence-electron chi connectivity index (χ0n) is 12.8. The molecule has 18 heavy (non-hydrogen) atoms. The lowest BCUT2D eigenvalue weighted by molar-refractivity contribution is 0.0408. The van der Waals surface area contributed by atoms with Gasteiger partial charge in [-0.05, 0) is 51.0 Å². The summed E-state index contributed by atoms with van der Waals surface area (Å²) in [6.45, 7) is 12.1. The molecule has 0 amide bonds. The van der Waals surface area contributed by atoms with Gasteiger partial charge in [-0.3, -0.25) is 4.90 Å². The van der Waals surface area contributed by atoms with Gasteiger partial charge in [0.2, 0.25) is 0 Å². The number of nitrogens with one attached hydrogen (secondary N) is 1. The first kappa shape index (κ1) is 14.3. The normalized spacial score (nSPS) is 37.0. The maximum atomic E-state index is 3.71. The van der Waals surface area contributed by atoms with E-state index in [1.54, 1.807) is 0 Å². The van der Waals surface area contributed by atoms with Gasteiger partial charge in [-0.25, -0.2) is 0 Å². The molecule has 2 fully saturated rings. The van der Waals surface area contributed by atoms with E-state index in [2.05, 4.69) is 37.9 Å². The summed E-state index contributed by atoms with van der Waals surface area (Å²) in [5.41, 5.74) is 0.540. The molecule has 2 aliphatic rings. The Kier molecular flexibility index (Phi) is 4.71. The highest BCUT2D eigenvalue weighted by Crippen LogP contribution is 2.42. The second-order valence-corrected chi connectivity index (χ2v) is 7.16. The van der Waals surface area contributed by atoms with Crippen molar-refractivity contribution in [1.82, 2.24) is 10.2 Å². The molecule has 0 radical (unpaired) electrons. The largest absolute Gasteiger partial charge is 0.314 e. The van der Waals surface area contributed by atoms with Crippen LogP contribution in [0.1, 0.15) is 66.2 Å². The summed E-state index contributed by atoms with van der Waals surface area (Å²) in [6.07, 6.45) is 8.20. The zero-order chi connectivity index (χ0) is 13.2. The molecule has 0 spiro atoms. The molecule has 0 bridgehead atoms. The van der Waals surface area contributed by atoms with Crippen LogP contribution in [-0.2, 0) is 0 Å². The third-order valence-corrected chi connectivity index (χ3v) is 5.21. The van der Waals surface area contributed by atoms with Crippen LogP contribution in [0.15, 0.2) is 0 Å². The van der Waals surface area contributed by atoms with Crippen molar-refractivity contribution < 1.29 is 0 Å². The molecule has 3 unspecified atom stereocenters. The van der Waals surface area contributed by atoms with Crippen LogP contribution in [0.25, 0.3) is 0 Å². The van der Waals surface area contributed by atoms with E-state index in [9.17, 15) is 0 Å². The third-order valence-electron chi connectivity index (χ3n) is 5.21. The van der Waals surface area contributed by atoms with Gasteiger partial charge in [-0.15, -0.1) is 0 Å². The lowest BCUT2D eigenvalue weighted by Crippen LogP contribution is -2.54. The minimum Gasteiger partial charge on any atom is -0.314 e. The molecule has 1 saturated carbocycles. The second kappa shape index (κ2) is 5.92. The SMILES string of the molecule is CCCNC1CCN(C2CCCC2(C)C)C(C)C1. The predicted octanol–water partition coefficient (Wildman–Crippen LogP) is 3.42. The Hall–Kier alpha value is -0.0800. The molecule has 1 N–H and O–H groups in total. The number of likely N-dealkylation sites (tertiary alicyclic amines) is 1. The van der Waals surface area contributed by atoms with Crippen LogP contribution in [0.5, 0.6) is 0 Å². The summed E-state index contributed by atoms with van der Waals surface area (Å²) in [7, 11) is 0. The fourth-order valence-corrected chi connectivity index (χ4v) is 4.11. The standard InChI is InChI=1S/C16H32N2/c1-5-10-17-14-8-11-18(13(2)12-14)15-7-6-9-16(15,3)4/h13-15,17H,5-12H2,1-4H3. The summed E-state index contributed by atoms with van der Waals surface area (Å²) >= 11 is 0. The number of nitrogens with zero attached hydrogens (tertiary/aromatic N) is 1. The molecule has 2 rings (SSSR count). The molecule has 3 atom stereocenters. The summed E-state index contributed by atoms with van der Waals surface area (Å²) < 4.78 is 0. The van der Waals surface area contributed by atoms with Crippen molar-refractivity contribution in [2.75, 3.05) is 13.1 Å². The Morgan fingerprint density at radius 1 is 1.28 bits per heavy atom. The van der Waals surface area contributed by atoms with Gasteiger partial charge in [-0.2, -0.15) is 0 Å². The lowest BCUT2D eigenvalue weighted by atomic mass is 9.84. The molecule has 0 aromatic heterocycles. The fraction of sp³-hybridized carbons (Fsp3) is 1.00. The molecule has 1 aliphatic heterocycles. The lowest BCUT2D eigenvalue weighted by Gasteiger charge is -2.46. The quantitative estimate of drug-likeness (QED) is 0.825. The van der Waals surface area contributed by atoms with Crippen molar-refractivity contribution >= 4 is 0 Å². The third kappa shape index (κ3) is 3.08. The van der Waals surface area contributed by atoms with Gasteiger partial charge in [0.25, 0.3) is 0 Å². The summed E-state index contributed by atoms with van der Waals surface area (Å²) in [6, 6.07) is 2.36. The highest BCUT2D eigenvalue weighted by Gasteiger charge is 2.41. The van der Waals surface area contributed by atoms with E-state index >= 15 is 0 Å². The van der Waals surface area contributed by atoms with Crippen molar-refractivity contribution in [3.05, 3.63) is 0 Å². The van der Waals surface area contributed by atoms with E-state index < -0.39 is 0 Å². The Bertz CT molecular complexity index is 262. The van der Waals surface area contributed by atoms with Crippen molar-refractivity contribution in [3.63, 3.8) is 0 Å². The Balaban J connectivity index is 1.89. The van der Waals surface area contributed by atoms with Gasteiger partial charge in [0.05, 0.1) is 0 Å². The first-order valence-electron chi connectivity index (χ1n) is 8.03. The average molecular weight is 252 g/mol. The molecule has 2 nitrogen and oxygen atoms in total. The van der Waals surface area contributed by atoms with Crippen LogP contribution in [0.3, 0.4) is 0 Å². The maximum Gasteiger partial charge on any atom is 0.0149 e. The number of rotatable bonds is 4. The van der Waals surface area contributed by atoms with Gasteiger partial charge >= 0.3 is 0 Å². The maximum absolute atomic E-state index is 3.71. The van der Waals surface area contributed by atoms with Gasteiger partial charge in [0, 0.05) is 24.7 Å². The molecular formula is C16H32N2. The monoisotopic (exact) mass is 252 g/mol. The van der Waals surface area contributed by atoms with Crippen molar-refractivity contribution in [2.45, 2.75) is 84.3 Å². The number of hydrogen-bond acceptors (Lipinski definition) is 2. The van der Waals surface area contributed by atoms with Gasteiger partial charge in [-0.1, -0.05) is 27.2 Å². The molecule has 0 aromatic rings. The number of hydrogen-bond donors (Lipinski definition) is 1. The first-order chi connectivity index (χ1) is 8.54. The van der Waals surface area contributed by atoms with Crippen LogP contribution in [0.2, 0.25) is 0 Å². The molecule has 2 heteroatoms. The summed E-state index contributed by atoms with van der Waals surface area (Å²) in [5, 5.41) is 3.71. The van der Waals surface area contributed by atoms with E-state index in [-0.39, 0.29) is 0 Å². The average Bonchev–Trinajstić information content (AvgIpc) is 2.66. The molecule has 1 aliphatic carbocycles. The van der Waals surface area contributed by atoms with Crippen LogP contribution >= 0.6 is 0 Å². The molecule has 106 valence electrons. The molecule has 1 saturated heterocycles. The van der Waals surface area contributed by atoms with E-state index in [1.165, 1.54) is 51.6 Å². The van der Waals surface area contributed by atoms with Crippen molar-refractivity contribution in [3.8, 4) is 0 Å². The van der Waals surface area contributed by atoms with Crippen molar-refractivity contribution in [2.24, 2.45) is 5.41 Å². The Labute approximate surface area is 114 Å². The molecule has 1 heterocycles. The highest BCUT2D eigenvalue weighted by molar-refractivity contribution is 4.96. The molecular weight excluding hydrogens is 220 g/mol. The topological polar surface area (TPSA) is 15.3 Å². The van der Waals surface area contributed by atoms with E-state index in [4.69, 9.17) is 0 Å². The van der Waals surface area contributed by atoms with Crippen LogP contribution in [-0.4, -0.2) is 36.1 Å². The van der Waals surface area contributed by atoms with Crippen LogP contribution in [0.4, 0.5) is 0 Å². The van der Waals surface area contributed by atoms with Gasteiger partial charge in [0.1, 0.15) is 0 Å². The van der Waals surface area contributed by atoms with E-state index in [1.807, 2.05) is 0 Å². The van der Waals surface area contributed by atoms with Gasteiger partial charge < -0.3 is 5.32 Å². The van der Waals surface area contributed by atoms with Crippen LogP contribution in [0, 0.1) is 5.41 Å². The second-order valence-electron chi connectivity index (χ2n) is 7.16. The number of piperidine rings is 1. The van der Waals surface area contributed by atoms with Crippen LogP contribution < -0.4 is 5.32 Å². The van der Waals surface area contributed by atoms with Crippen molar-refractivity contribution in [1.29, 1.82) is 0 Å². The summed E-state index contributed by atoms with van der Waals surface area (Å²) in [5.74, 6) is 0. The van der Waals surface area contributed by atoms with Gasteiger partial charge in [0.15, 0.2) is 0 Å². The fourth-order valence-electron chi connectivity index (χ4n) is 4.11. The minimum absolute atomic E-state index is 0.540. The predicted molar refractivity (Wildman–Crippen MR) is 78.9 cm³/mol. The molecule has 0 aromatic carbocycles. The summed E-state index contributed by atoms with van der Waals surface area (Å²) in [4.78, 5) is 2.82. The first-order valence-corrected chi connectivity index (χ1v) is 8.03. The Morgan fingerprint density at radius 2 is 2.06 bits per heavy atom. The Morgan fingerprint density at radius 3 is 2.61 bits per heavy atom. The highest BCUT2D eigenvalue weighted by atomic mass is 15.2. The zero-order valence-corrected chi connectivity index (χ0v) is 12.8. The minimum atomic E-state index is 0.540.